The maximum Gasteiger partial charge on any atom is 0.308 e. The van der Waals surface area contributed by atoms with Gasteiger partial charge in [-0.05, 0) is 42.5 Å². The Bertz CT molecular complexity index is 634. The first-order chi connectivity index (χ1) is 11.6. The molecule has 24 heavy (non-hydrogen) atoms. The first-order valence-corrected chi connectivity index (χ1v) is 8.85. The normalized spacial score (nSPS) is 22.8. The lowest BCUT2D eigenvalue weighted by molar-refractivity contribution is -0.131. The summed E-state index contributed by atoms with van der Waals surface area (Å²) < 4.78 is 10.6. The van der Waals surface area contributed by atoms with E-state index in [9.17, 15) is 4.79 Å². The lowest BCUT2D eigenvalue weighted by Crippen LogP contribution is -2.32. The number of allylic oxidation sites excluding steroid dienone is 2. The summed E-state index contributed by atoms with van der Waals surface area (Å²) >= 11 is 0. The molecule has 1 fully saturated rings. The van der Waals surface area contributed by atoms with Crippen molar-refractivity contribution in [2.24, 2.45) is 0 Å². The molecule has 1 saturated carbocycles. The number of esters is 1. The lowest BCUT2D eigenvalue weighted by Gasteiger charge is -2.40. The van der Waals surface area contributed by atoms with E-state index in [2.05, 4.69) is 30.4 Å². The molecule has 1 unspecified atom stereocenters. The monoisotopic (exact) mass is 326 g/mol. The van der Waals surface area contributed by atoms with Crippen LogP contribution in [0.2, 0.25) is 0 Å². The van der Waals surface area contributed by atoms with E-state index < -0.39 is 0 Å². The Balaban J connectivity index is 1.90. The number of hydrogen-bond donors (Lipinski definition) is 0. The minimum Gasteiger partial charge on any atom is -0.427 e. The van der Waals surface area contributed by atoms with Crippen molar-refractivity contribution in [2.75, 3.05) is 7.11 Å². The Morgan fingerprint density at radius 3 is 2.38 bits per heavy atom. The summed E-state index contributed by atoms with van der Waals surface area (Å²) in [5.74, 6) is 0.337. The maximum atomic E-state index is 11.1. The Hall–Kier alpha value is -1.87. The van der Waals surface area contributed by atoms with Crippen molar-refractivity contribution in [3.8, 4) is 5.75 Å². The van der Waals surface area contributed by atoms with Crippen molar-refractivity contribution < 1.29 is 14.3 Å². The highest BCUT2D eigenvalue weighted by atomic mass is 16.5. The summed E-state index contributed by atoms with van der Waals surface area (Å²) in [6, 6.07) is 8.08. The van der Waals surface area contributed by atoms with Crippen LogP contribution >= 0.6 is 0 Å². The zero-order valence-corrected chi connectivity index (χ0v) is 14.6. The van der Waals surface area contributed by atoms with Gasteiger partial charge < -0.3 is 9.47 Å². The Kier molecular flexibility index (Phi) is 5.20. The fourth-order valence-electron chi connectivity index (χ4n) is 4.04. The van der Waals surface area contributed by atoms with E-state index in [0.717, 1.165) is 6.42 Å². The number of carbonyl (C=O) groups excluding carboxylic acids is 1. The van der Waals surface area contributed by atoms with E-state index in [4.69, 9.17) is 9.47 Å². The molecule has 2 aliphatic carbocycles. The molecule has 0 aliphatic heterocycles. The summed E-state index contributed by atoms with van der Waals surface area (Å²) in [5.41, 5.74) is 2.82. The van der Waals surface area contributed by atoms with E-state index in [1.54, 1.807) is 7.11 Å². The molecule has 0 heterocycles. The van der Waals surface area contributed by atoms with Crippen molar-refractivity contribution >= 4 is 5.97 Å². The Morgan fingerprint density at radius 1 is 1.12 bits per heavy atom. The summed E-state index contributed by atoms with van der Waals surface area (Å²) in [7, 11) is 1.76. The zero-order valence-electron chi connectivity index (χ0n) is 14.6. The third-order valence-corrected chi connectivity index (χ3v) is 5.29. The molecule has 0 bridgehead atoms. The third kappa shape index (κ3) is 3.46. The van der Waals surface area contributed by atoms with Crippen molar-refractivity contribution in [1.82, 2.24) is 0 Å². The number of carbonyl (C=O) groups is 1. The molecule has 1 atom stereocenters. The van der Waals surface area contributed by atoms with Gasteiger partial charge in [0.1, 0.15) is 5.75 Å². The van der Waals surface area contributed by atoms with Crippen molar-refractivity contribution in [2.45, 2.75) is 57.0 Å². The molecule has 1 aromatic rings. The SMILES string of the molecule is COC1C=CC(C2(c3ccc(OC(C)=O)cc3)CCCCC2)=CC1. The second-order valence-corrected chi connectivity index (χ2v) is 6.79. The maximum absolute atomic E-state index is 11.1. The predicted octanol–water partition coefficient (Wildman–Crippen LogP) is 4.72. The number of rotatable bonds is 4. The van der Waals surface area contributed by atoms with Gasteiger partial charge in [0.15, 0.2) is 0 Å². The zero-order chi connectivity index (χ0) is 17.0. The lowest BCUT2D eigenvalue weighted by atomic mass is 9.64. The minimum absolute atomic E-state index is 0.0855. The topological polar surface area (TPSA) is 35.5 Å². The highest BCUT2D eigenvalue weighted by Gasteiger charge is 2.37. The fraction of sp³-hybridized carbons (Fsp3) is 0.476. The summed E-state index contributed by atoms with van der Waals surface area (Å²) in [6.07, 6.45) is 14.1. The minimum atomic E-state index is -0.279. The van der Waals surface area contributed by atoms with E-state index in [1.807, 2.05) is 12.1 Å². The van der Waals surface area contributed by atoms with Crippen molar-refractivity contribution in [3.63, 3.8) is 0 Å². The smallest absolute Gasteiger partial charge is 0.308 e. The van der Waals surface area contributed by atoms with Crippen molar-refractivity contribution in [1.29, 1.82) is 0 Å². The van der Waals surface area contributed by atoms with Crippen LogP contribution in [0.15, 0.2) is 48.1 Å². The Labute approximate surface area is 144 Å². The van der Waals surface area contributed by atoms with E-state index in [1.165, 1.54) is 50.2 Å². The molecule has 3 nitrogen and oxygen atoms in total. The van der Waals surface area contributed by atoms with Gasteiger partial charge in [-0.3, -0.25) is 4.79 Å². The van der Waals surface area contributed by atoms with Gasteiger partial charge in [-0.25, -0.2) is 0 Å². The van der Waals surface area contributed by atoms with Crippen LogP contribution in [-0.4, -0.2) is 19.2 Å². The van der Waals surface area contributed by atoms with Crippen LogP contribution in [0, 0.1) is 0 Å². The molecule has 3 rings (SSSR count). The van der Waals surface area contributed by atoms with Gasteiger partial charge in [-0.15, -0.1) is 0 Å². The van der Waals surface area contributed by atoms with Crippen LogP contribution in [-0.2, 0) is 14.9 Å². The van der Waals surface area contributed by atoms with Gasteiger partial charge in [0.2, 0.25) is 0 Å². The van der Waals surface area contributed by atoms with Crippen molar-refractivity contribution in [3.05, 3.63) is 53.6 Å². The molecular formula is C21H26O3. The molecule has 0 amide bonds. The van der Waals surface area contributed by atoms with Gasteiger partial charge in [0.25, 0.3) is 0 Å². The highest BCUT2D eigenvalue weighted by Crippen LogP contribution is 2.46. The van der Waals surface area contributed by atoms with Crippen LogP contribution < -0.4 is 4.74 Å². The van der Waals surface area contributed by atoms with Gasteiger partial charge in [-0.1, -0.05) is 49.6 Å². The molecule has 0 N–H and O–H groups in total. The third-order valence-electron chi connectivity index (χ3n) is 5.29. The predicted molar refractivity (Wildman–Crippen MR) is 95.2 cm³/mol. The van der Waals surface area contributed by atoms with Crippen LogP contribution in [0.1, 0.15) is 51.0 Å². The quantitative estimate of drug-likeness (QED) is 0.593. The first-order valence-electron chi connectivity index (χ1n) is 8.85. The first kappa shape index (κ1) is 17.0. The number of hydrogen-bond acceptors (Lipinski definition) is 3. The molecule has 0 aromatic heterocycles. The molecule has 1 aromatic carbocycles. The van der Waals surface area contributed by atoms with E-state index in [0.29, 0.717) is 5.75 Å². The fourth-order valence-corrected chi connectivity index (χ4v) is 4.04. The Morgan fingerprint density at radius 2 is 1.83 bits per heavy atom. The van der Waals surface area contributed by atoms with Crippen LogP contribution in [0.4, 0.5) is 0 Å². The molecular weight excluding hydrogens is 300 g/mol. The number of benzene rings is 1. The van der Waals surface area contributed by atoms with Gasteiger partial charge in [0, 0.05) is 19.4 Å². The second-order valence-electron chi connectivity index (χ2n) is 6.79. The molecule has 128 valence electrons. The van der Waals surface area contributed by atoms with Crippen LogP contribution in [0.3, 0.4) is 0 Å². The van der Waals surface area contributed by atoms with E-state index in [-0.39, 0.29) is 17.5 Å². The number of ether oxygens (including phenoxy) is 2. The summed E-state index contributed by atoms with van der Waals surface area (Å²) in [5, 5.41) is 0. The largest absolute Gasteiger partial charge is 0.427 e. The number of methoxy groups -OCH3 is 1. The molecule has 2 aliphatic rings. The van der Waals surface area contributed by atoms with Crippen LogP contribution in [0.5, 0.6) is 5.75 Å². The summed E-state index contributed by atoms with van der Waals surface area (Å²) in [6.45, 7) is 1.43. The standard InChI is InChI=1S/C21H26O3/c1-16(22)24-20-12-8-18(9-13-20)21(14-4-3-5-15-21)17-6-10-19(23-2)11-7-17/h6-10,12-13,19H,3-5,11,14-15H2,1-2H3. The van der Waals surface area contributed by atoms with Crippen LogP contribution in [0.25, 0.3) is 0 Å². The molecule has 0 spiro atoms. The van der Waals surface area contributed by atoms with E-state index >= 15 is 0 Å². The average molecular weight is 326 g/mol. The molecule has 3 heteroatoms. The average Bonchev–Trinajstić information content (AvgIpc) is 2.62. The second kappa shape index (κ2) is 7.35. The van der Waals surface area contributed by atoms with Gasteiger partial charge >= 0.3 is 5.97 Å². The van der Waals surface area contributed by atoms with Gasteiger partial charge in [0.05, 0.1) is 6.10 Å². The molecule has 0 saturated heterocycles. The molecule has 0 radical (unpaired) electrons. The highest BCUT2D eigenvalue weighted by molar-refractivity contribution is 5.69. The van der Waals surface area contributed by atoms with Gasteiger partial charge in [-0.2, -0.15) is 0 Å². The summed E-state index contributed by atoms with van der Waals surface area (Å²) in [4.78, 5) is 11.1.